The first kappa shape index (κ1) is 13.6. The van der Waals surface area contributed by atoms with Gasteiger partial charge in [-0.2, -0.15) is 0 Å². The molecule has 6 heteroatoms. The summed E-state index contributed by atoms with van der Waals surface area (Å²) in [5.41, 5.74) is -0.357. The van der Waals surface area contributed by atoms with E-state index < -0.39 is 18.3 Å². The van der Waals surface area contributed by atoms with Gasteiger partial charge in [0.2, 0.25) is 0 Å². The average Bonchev–Trinajstić information content (AvgIpc) is 2.24. The van der Waals surface area contributed by atoms with Crippen molar-refractivity contribution < 1.29 is 17.3 Å². The van der Waals surface area contributed by atoms with E-state index in [1.165, 1.54) is 23.1 Å². The molecule has 0 heterocycles. The van der Waals surface area contributed by atoms with E-state index in [4.69, 9.17) is 0 Å². The minimum absolute atomic E-state index is 0.330. The van der Waals surface area contributed by atoms with Crippen LogP contribution in [0.5, 0.6) is 0 Å². The van der Waals surface area contributed by atoms with Crippen LogP contribution in [-0.2, 0) is 0 Å². The molecule has 0 N–H and O–H groups in total. The van der Waals surface area contributed by atoms with Crippen molar-refractivity contribution in [2.45, 2.75) is 6.92 Å². The molecule has 0 spiro atoms. The quantitative estimate of drug-likeness (QED) is 0.566. The third kappa shape index (κ3) is 3.80. The first-order chi connectivity index (χ1) is 7.84. The van der Waals surface area contributed by atoms with Crippen LogP contribution in [0.2, 0.25) is 0 Å². The van der Waals surface area contributed by atoms with Crippen molar-refractivity contribution in [2.75, 3.05) is 18.0 Å². The number of hydrogen-bond donors (Lipinski definition) is 0. The standard InChI is InChI=1S/C11H13BF4N/c1-3-17(8-9(2)12(14,15)16)11-6-4-5-10(13)7-11/h4-7H,2-3,8H2,1H3/q-1. The molecule has 0 saturated heterocycles. The molecule has 0 atom stereocenters. The van der Waals surface area contributed by atoms with Crippen molar-refractivity contribution >= 4 is 12.7 Å². The molecule has 0 aliphatic rings. The van der Waals surface area contributed by atoms with Crippen LogP contribution in [0.3, 0.4) is 0 Å². The number of hydrogen-bond acceptors (Lipinski definition) is 1. The summed E-state index contributed by atoms with van der Waals surface area (Å²) in [6.07, 6.45) is 0. The Kier molecular flexibility index (Phi) is 4.20. The van der Waals surface area contributed by atoms with E-state index in [2.05, 4.69) is 6.58 Å². The second-order valence-corrected chi connectivity index (χ2v) is 3.73. The van der Waals surface area contributed by atoms with Crippen molar-refractivity contribution in [1.29, 1.82) is 0 Å². The lowest BCUT2D eigenvalue weighted by Crippen LogP contribution is -2.32. The maximum absolute atomic E-state index is 13.0. The summed E-state index contributed by atoms with van der Waals surface area (Å²) in [6.45, 7) is -0.281. The first-order valence-electron chi connectivity index (χ1n) is 5.22. The Hall–Kier alpha value is -1.46. The predicted octanol–water partition coefficient (Wildman–Crippen LogP) is 3.59. The second-order valence-electron chi connectivity index (χ2n) is 3.73. The monoisotopic (exact) mass is 246 g/mol. The highest BCUT2D eigenvalue weighted by molar-refractivity contribution is 6.66. The van der Waals surface area contributed by atoms with E-state index in [1.54, 1.807) is 13.0 Å². The molecule has 0 radical (unpaired) electrons. The number of halogens is 4. The summed E-state index contributed by atoms with van der Waals surface area (Å²) in [5, 5.41) is 0. The normalized spacial score (nSPS) is 11.4. The molecule has 0 bridgehead atoms. The summed E-state index contributed by atoms with van der Waals surface area (Å²) in [5.74, 6) is -0.468. The molecule has 1 rings (SSSR count). The highest BCUT2D eigenvalue weighted by atomic mass is 19.4. The van der Waals surface area contributed by atoms with Gasteiger partial charge in [-0.15, -0.1) is 12.1 Å². The molecule has 0 aliphatic carbocycles. The van der Waals surface area contributed by atoms with E-state index in [1.807, 2.05) is 0 Å². The largest absolute Gasteiger partial charge is 0.506 e. The van der Waals surface area contributed by atoms with Gasteiger partial charge in [-0.05, 0) is 25.1 Å². The molecule has 0 aliphatic heterocycles. The Bertz CT molecular complexity index is 403. The molecule has 0 saturated carbocycles. The molecule has 94 valence electrons. The van der Waals surface area contributed by atoms with Crippen molar-refractivity contribution in [3.63, 3.8) is 0 Å². The Balaban J connectivity index is 2.83. The van der Waals surface area contributed by atoms with Crippen LogP contribution in [0.15, 0.2) is 36.3 Å². The van der Waals surface area contributed by atoms with Crippen LogP contribution in [0, 0.1) is 5.82 Å². The van der Waals surface area contributed by atoms with Crippen LogP contribution < -0.4 is 4.90 Å². The van der Waals surface area contributed by atoms with Gasteiger partial charge in [-0.3, -0.25) is 0 Å². The highest BCUT2D eigenvalue weighted by Crippen LogP contribution is 2.22. The zero-order valence-electron chi connectivity index (χ0n) is 9.47. The molecule has 0 amide bonds. The molecule has 0 fully saturated rings. The molecule has 17 heavy (non-hydrogen) atoms. The number of nitrogens with zero attached hydrogens (tertiary/aromatic N) is 1. The summed E-state index contributed by atoms with van der Waals surface area (Å²) in [4.78, 5) is 1.43. The summed E-state index contributed by atoms with van der Waals surface area (Å²) in [6, 6.07) is 5.50. The van der Waals surface area contributed by atoms with Gasteiger partial charge in [-0.25, -0.2) is 4.39 Å². The zero-order chi connectivity index (χ0) is 13.1. The lowest BCUT2D eigenvalue weighted by molar-refractivity contribution is 0.487. The average molecular weight is 246 g/mol. The van der Waals surface area contributed by atoms with Crippen LogP contribution in [0.25, 0.3) is 0 Å². The second kappa shape index (κ2) is 5.25. The van der Waals surface area contributed by atoms with Crippen molar-refractivity contribution in [3.8, 4) is 0 Å². The van der Waals surface area contributed by atoms with E-state index in [-0.39, 0.29) is 6.54 Å². The number of benzene rings is 1. The third-order valence-electron chi connectivity index (χ3n) is 2.41. The summed E-state index contributed by atoms with van der Waals surface area (Å²) < 4.78 is 50.2. The van der Waals surface area contributed by atoms with Crippen LogP contribution in [-0.4, -0.2) is 20.1 Å². The van der Waals surface area contributed by atoms with Crippen LogP contribution in [0.1, 0.15) is 6.92 Å². The minimum atomic E-state index is -5.05. The molecule has 1 aromatic rings. The first-order valence-corrected chi connectivity index (χ1v) is 5.22. The molecular weight excluding hydrogens is 233 g/mol. The van der Waals surface area contributed by atoms with Crippen LogP contribution >= 0.6 is 0 Å². The maximum Gasteiger partial charge on any atom is 0.506 e. The van der Waals surface area contributed by atoms with E-state index >= 15 is 0 Å². The number of rotatable bonds is 5. The van der Waals surface area contributed by atoms with Gasteiger partial charge >= 0.3 is 6.98 Å². The van der Waals surface area contributed by atoms with Crippen molar-refractivity contribution in [3.05, 3.63) is 42.1 Å². The lowest BCUT2D eigenvalue weighted by atomic mass is 9.80. The smallest absolute Gasteiger partial charge is 0.445 e. The number of anilines is 1. The Morgan fingerprint density at radius 1 is 1.35 bits per heavy atom. The lowest BCUT2D eigenvalue weighted by Gasteiger charge is -2.28. The van der Waals surface area contributed by atoms with E-state index in [0.29, 0.717) is 12.2 Å². The SMILES string of the molecule is C=C(CN(CC)c1cccc(F)c1)[B-](F)(F)F. The van der Waals surface area contributed by atoms with Crippen LogP contribution in [0.4, 0.5) is 23.0 Å². The molecule has 0 aromatic heterocycles. The van der Waals surface area contributed by atoms with Gasteiger partial charge in [0, 0.05) is 18.8 Å². The van der Waals surface area contributed by atoms with E-state index in [9.17, 15) is 17.3 Å². The Labute approximate surface area is 97.8 Å². The topological polar surface area (TPSA) is 3.24 Å². The molecular formula is C11H13BF4N-. The molecule has 1 nitrogen and oxygen atoms in total. The fraction of sp³-hybridized carbons (Fsp3) is 0.273. The third-order valence-corrected chi connectivity index (χ3v) is 2.41. The number of likely N-dealkylation sites (N-methyl/N-ethyl adjacent to an activating group) is 1. The fourth-order valence-electron chi connectivity index (χ4n) is 1.41. The van der Waals surface area contributed by atoms with E-state index in [0.717, 1.165) is 0 Å². The van der Waals surface area contributed by atoms with Gasteiger partial charge in [0.25, 0.3) is 0 Å². The molecule has 0 unspecified atom stereocenters. The predicted molar refractivity (Wildman–Crippen MR) is 62.5 cm³/mol. The fourth-order valence-corrected chi connectivity index (χ4v) is 1.41. The highest BCUT2D eigenvalue weighted by Gasteiger charge is 2.27. The van der Waals surface area contributed by atoms with Gasteiger partial charge < -0.3 is 17.8 Å². The van der Waals surface area contributed by atoms with Gasteiger partial charge in [0.15, 0.2) is 0 Å². The van der Waals surface area contributed by atoms with Gasteiger partial charge in [0.1, 0.15) is 5.82 Å². The zero-order valence-corrected chi connectivity index (χ0v) is 9.47. The summed E-state index contributed by atoms with van der Waals surface area (Å²) in [7, 11) is 0. The Morgan fingerprint density at radius 3 is 2.47 bits per heavy atom. The maximum atomic E-state index is 13.0. The van der Waals surface area contributed by atoms with Crippen molar-refractivity contribution in [2.24, 2.45) is 0 Å². The molecule has 1 aromatic carbocycles. The minimum Gasteiger partial charge on any atom is -0.445 e. The summed E-state index contributed by atoms with van der Waals surface area (Å²) >= 11 is 0. The van der Waals surface area contributed by atoms with Crippen molar-refractivity contribution in [1.82, 2.24) is 0 Å². The van der Waals surface area contributed by atoms with Gasteiger partial charge in [0.05, 0.1) is 0 Å². The Morgan fingerprint density at radius 2 is 2.00 bits per heavy atom. The van der Waals surface area contributed by atoms with Gasteiger partial charge in [-0.1, -0.05) is 6.07 Å².